The van der Waals surface area contributed by atoms with Crippen molar-refractivity contribution in [3.8, 4) is 0 Å². The first-order valence-electron chi connectivity index (χ1n) is 5.22. The van der Waals surface area contributed by atoms with Crippen molar-refractivity contribution in [2.24, 2.45) is 0 Å². The number of hydrogen-bond acceptors (Lipinski definition) is 5. The highest BCUT2D eigenvalue weighted by Gasteiger charge is 2.11. The quantitative estimate of drug-likeness (QED) is 0.803. The van der Waals surface area contributed by atoms with Gasteiger partial charge >= 0.3 is 6.01 Å². The number of aromatic nitrogens is 2. The maximum absolute atomic E-state index is 11.4. The lowest BCUT2D eigenvalue weighted by atomic mass is 10.1. The molecule has 0 aromatic carbocycles. The van der Waals surface area contributed by atoms with Crippen molar-refractivity contribution in [2.45, 2.75) is 39.7 Å². The Bertz CT molecular complexity index is 354. The average Bonchev–Trinajstić information content (AvgIpc) is 2.48. The van der Waals surface area contributed by atoms with E-state index in [9.17, 15) is 4.79 Å². The molecule has 0 saturated heterocycles. The Morgan fingerprint density at radius 2 is 2.12 bits per heavy atom. The smallest absolute Gasteiger partial charge is 0.315 e. The molecule has 2 N–H and O–H groups in total. The first kappa shape index (κ1) is 12.6. The summed E-state index contributed by atoms with van der Waals surface area (Å²) in [4.78, 5) is 15.3. The lowest BCUT2D eigenvalue weighted by Gasteiger charge is -2.19. The molecular weight excluding hydrogens is 208 g/mol. The number of hydrogen-bond donors (Lipinski definition) is 2. The summed E-state index contributed by atoms with van der Waals surface area (Å²) in [5.41, 5.74) is 0.0152. The molecular formula is C10H18N4O2. The normalized spacial score (nSPS) is 11.5. The molecule has 1 aromatic heterocycles. The molecule has 1 rings (SSSR count). The number of amides is 1. The Hall–Kier alpha value is -1.43. The van der Waals surface area contributed by atoms with E-state index in [1.54, 1.807) is 6.92 Å². The zero-order chi connectivity index (χ0) is 12.2. The minimum absolute atomic E-state index is 0.0152. The standard InChI is InChI=1S/C10H18N4O2/c1-7-12-9(16-14-7)13-8(15)5-6-11-10(2,3)4/h11H,5-6H2,1-4H3,(H,12,13,14,15). The topological polar surface area (TPSA) is 80.0 Å². The van der Waals surface area contributed by atoms with E-state index >= 15 is 0 Å². The lowest BCUT2D eigenvalue weighted by Crippen LogP contribution is -2.37. The van der Waals surface area contributed by atoms with E-state index in [-0.39, 0.29) is 17.5 Å². The Kier molecular flexibility index (Phi) is 4.00. The Labute approximate surface area is 94.8 Å². The van der Waals surface area contributed by atoms with Crippen LogP contribution in [-0.4, -0.2) is 28.1 Å². The van der Waals surface area contributed by atoms with Crippen LogP contribution < -0.4 is 10.6 Å². The van der Waals surface area contributed by atoms with Crippen LogP contribution >= 0.6 is 0 Å². The fourth-order valence-corrected chi connectivity index (χ4v) is 1.08. The summed E-state index contributed by atoms with van der Waals surface area (Å²) in [6, 6.07) is 0.151. The second kappa shape index (κ2) is 5.07. The molecule has 6 nitrogen and oxygen atoms in total. The molecule has 90 valence electrons. The van der Waals surface area contributed by atoms with Crippen molar-refractivity contribution in [1.82, 2.24) is 15.5 Å². The minimum Gasteiger partial charge on any atom is -0.315 e. The first-order chi connectivity index (χ1) is 7.37. The van der Waals surface area contributed by atoms with Crippen LogP contribution in [0.1, 0.15) is 33.0 Å². The van der Waals surface area contributed by atoms with Gasteiger partial charge in [0.25, 0.3) is 0 Å². The van der Waals surface area contributed by atoms with E-state index in [0.29, 0.717) is 18.8 Å². The number of nitrogens with one attached hydrogen (secondary N) is 2. The number of aryl methyl sites for hydroxylation is 1. The third kappa shape index (κ3) is 4.88. The van der Waals surface area contributed by atoms with Gasteiger partial charge in [-0.25, -0.2) is 0 Å². The summed E-state index contributed by atoms with van der Waals surface area (Å²) in [7, 11) is 0. The van der Waals surface area contributed by atoms with Crippen LogP contribution in [0.2, 0.25) is 0 Å². The van der Waals surface area contributed by atoms with E-state index in [4.69, 9.17) is 4.52 Å². The van der Waals surface area contributed by atoms with Crippen molar-refractivity contribution in [3.05, 3.63) is 5.82 Å². The molecule has 0 fully saturated rings. The first-order valence-corrected chi connectivity index (χ1v) is 5.22. The third-order valence-electron chi connectivity index (χ3n) is 1.78. The second-order valence-electron chi connectivity index (χ2n) is 4.62. The number of anilines is 1. The second-order valence-corrected chi connectivity index (χ2v) is 4.62. The number of carbonyl (C=O) groups excluding carboxylic acids is 1. The van der Waals surface area contributed by atoms with Gasteiger partial charge in [0, 0.05) is 18.5 Å². The summed E-state index contributed by atoms with van der Waals surface area (Å²) in [5.74, 6) is 0.364. The molecule has 0 aliphatic carbocycles. The van der Waals surface area contributed by atoms with Crippen LogP contribution in [0.15, 0.2) is 4.52 Å². The zero-order valence-electron chi connectivity index (χ0n) is 10.1. The van der Waals surface area contributed by atoms with Gasteiger partial charge in [-0.3, -0.25) is 10.1 Å². The summed E-state index contributed by atoms with van der Waals surface area (Å²) in [6.07, 6.45) is 0.374. The molecule has 0 unspecified atom stereocenters. The fourth-order valence-electron chi connectivity index (χ4n) is 1.08. The molecule has 0 radical (unpaired) electrons. The van der Waals surface area contributed by atoms with E-state index in [2.05, 4.69) is 20.8 Å². The van der Waals surface area contributed by atoms with Gasteiger partial charge in [0.15, 0.2) is 5.82 Å². The molecule has 0 aliphatic rings. The van der Waals surface area contributed by atoms with Crippen LogP contribution in [0.3, 0.4) is 0 Å². The summed E-state index contributed by atoms with van der Waals surface area (Å²) < 4.78 is 4.77. The maximum Gasteiger partial charge on any atom is 0.328 e. The summed E-state index contributed by atoms with van der Waals surface area (Å²) in [6.45, 7) is 8.45. The van der Waals surface area contributed by atoms with Crippen LogP contribution in [-0.2, 0) is 4.79 Å². The zero-order valence-corrected chi connectivity index (χ0v) is 10.1. The van der Waals surface area contributed by atoms with Gasteiger partial charge in [-0.2, -0.15) is 4.98 Å². The monoisotopic (exact) mass is 226 g/mol. The van der Waals surface area contributed by atoms with Crippen molar-refractivity contribution in [1.29, 1.82) is 0 Å². The van der Waals surface area contributed by atoms with Crippen molar-refractivity contribution in [2.75, 3.05) is 11.9 Å². The number of nitrogens with zero attached hydrogens (tertiary/aromatic N) is 2. The van der Waals surface area contributed by atoms with Gasteiger partial charge in [-0.1, -0.05) is 5.16 Å². The predicted octanol–water partition coefficient (Wildman–Crippen LogP) is 1.09. The molecule has 6 heteroatoms. The van der Waals surface area contributed by atoms with Crippen molar-refractivity contribution in [3.63, 3.8) is 0 Å². The Balaban J connectivity index is 2.26. The van der Waals surface area contributed by atoms with Crippen LogP contribution in [0.4, 0.5) is 6.01 Å². The largest absolute Gasteiger partial charge is 0.328 e. The minimum atomic E-state index is -0.139. The van der Waals surface area contributed by atoms with Gasteiger partial charge in [0.1, 0.15) is 0 Å². The van der Waals surface area contributed by atoms with Gasteiger partial charge in [-0.15, -0.1) is 0 Å². The SMILES string of the molecule is Cc1noc(NC(=O)CCNC(C)(C)C)n1. The Morgan fingerprint density at radius 1 is 1.44 bits per heavy atom. The highest BCUT2D eigenvalue weighted by Crippen LogP contribution is 2.03. The molecule has 16 heavy (non-hydrogen) atoms. The van der Waals surface area contributed by atoms with Gasteiger partial charge < -0.3 is 9.84 Å². The molecule has 1 heterocycles. The fraction of sp³-hybridized carbons (Fsp3) is 0.700. The van der Waals surface area contributed by atoms with Crippen LogP contribution in [0.25, 0.3) is 0 Å². The number of carbonyl (C=O) groups is 1. The lowest BCUT2D eigenvalue weighted by molar-refractivity contribution is -0.116. The highest BCUT2D eigenvalue weighted by molar-refractivity contribution is 5.88. The van der Waals surface area contributed by atoms with Crippen LogP contribution in [0, 0.1) is 6.92 Å². The highest BCUT2D eigenvalue weighted by atomic mass is 16.5. The molecule has 0 saturated carbocycles. The van der Waals surface area contributed by atoms with Gasteiger partial charge in [0.2, 0.25) is 5.91 Å². The molecule has 0 spiro atoms. The molecule has 1 amide bonds. The van der Waals surface area contributed by atoms with E-state index in [0.717, 1.165) is 0 Å². The van der Waals surface area contributed by atoms with E-state index < -0.39 is 0 Å². The van der Waals surface area contributed by atoms with Crippen LogP contribution in [0.5, 0.6) is 0 Å². The average molecular weight is 226 g/mol. The van der Waals surface area contributed by atoms with E-state index in [1.165, 1.54) is 0 Å². The van der Waals surface area contributed by atoms with Crippen molar-refractivity contribution < 1.29 is 9.32 Å². The molecule has 0 atom stereocenters. The molecule has 0 bridgehead atoms. The van der Waals surface area contributed by atoms with Crippen molar-refractivity contribution >= 4 is 11.9 Å². The molecule has 1 aromatic rings. The predicted molar refractivity (Wildman–Crippen MR) is 60.0 cm³/mol. The third-order valence-corrected chi connectivity index (χ3v) is 1.78. The maximum atomic E-state index is 11.4. The molecule has 0 aliphatic heterocycles. The van der Waals surface area contributed by atoms with E-state index in [1.807, 2.05) is 20.8 Å². The summed E-state index contributed by atoms with van der Waals surface area (Å²) >= 11 is 0. The van der Waals surface area contributed by atoms with Gasteiger partial charge in [-0.05, 0) is 27.7 Å². The Morgan fingerprint density at radius 3 is 2.62 bits per heavy atom. The summed E-state index contributed by atoms with van der Waals surface area (Å²) in [5, 5.41) is 9.32. The van der Waals surface area contributed by atoms with Gasteiger partial charge in [0.05, 0.1) is 0 Å². The number of rotatable bonds is 4.